The highest BCUT2D eigenvalue weighted by molar-refractivity contribution is 5.76. The van der Waals surface area contributed by atoms with Crippen molar-refractivity contribution in [1.29, 1.82) is 0 Å². The monoisotopic (exact) mass is 890 g/mol. The van der Waals surface area contributed by atoms with Gasteiger partial charge in [0, 0.05) is 0 Å². The van der Waals surface area contributed by atoms with Gasteiger partial charge < -0.3 is 20.6 Å². The van der Waals surface area contributed by atoms with Gasteiger partial charge in [-0.05, 0) is 38.5 Å². The van der Waals surface area contributed by atoms with Crippen molar-refractivity contribution in [2.24, 2.45) is 0 Å². The van der Waals surface area contributed by atoms with Crippen LogP contribution in [-0.2, 0) is 4.79 Å². The standard InChI is InChI=1S/C58H115NO4/c1-3-5-7-9-11-13-15-17-19-21-23-25-26-27-28-29-30-31-32-33-35-37-39-41-43-45-47-49-51-55(61)53-58(63)59-56(54-60)57(62)52-50-48-46-44-42-40-38-36-34-24-22-20-18-16-14-12-10-8-6-4-2/h27-28,55-57,60-62H,3-26,29-54H2,1-2H3,(H,59,63)/b28-27-. The maximum absolute atomic E-state index is 12.5. The molecule has 0 bridgehead atoms. The molecule has 0 rings (SSSR count). The second-order valence-electron chi connectivity index (χ2n) is 20.3. The van der Waals surface area contributed by atoms with Crippen molar-refractivity contribution < 1.29 is 20.1 Å². The van der Waals surface area contributed by atoms with Crippen molar-refractivity contribution in [3.63, 3.8) is 0 Å². The molecule has 376 valence electrons. The first-order valence-corrected chi connectivity index (χ1v) is 29.0. The molecule has 0 saturated heterocycles. The Kier molecular flexibility index (Phi) is 52.9. The van der Waals surface area contributed by atoms with Crippen LogP contribution >= 0.6 is 0 Å². The van der Waals surface area contributed by atoms with E-state index in [9.17, 15) is 20.1 Å². The van der Waals surface area contributed by atoms with Gasteiger partial charge >= 0.3 is 0 Å². The molecule has 63 heavy (non-hydrogen) atoms. The molecule has 0 saturated carbocycles. The van der Waals surface area contributed by atoms with E-state index >= 15 is 0 Å². The SMILES string of the molecule is CCCCCCCCCCCCCC/C=C\CCCCCCCCCCCCCCC(O)CC(=O)NC(CO)C(O)CCCCCCCCCCCCCCCCCCCCCC. The van der Waals surface area contributed by atoms with Gasteiger partial charge in [-0.25, -0.2) is 0 Å². The van der Waals surface area contributed by atoms with Crippen molar-refractivity contribution >= 4 is 5.91 Å². The summed E-state index contributed by atoms with van der Waals surface area (Å²) < 4.78 is 0. The first kappa shape index (κ1) is 62.1. The van der Waals surface area contributed by atoms with Crippen molar-refractivity contribution in [1.82, 2.24) is 5.32 Å². The van der Waals surface area contributed by atoms with Gasteiger partial charge in [0.1, 0.15) is 0 Å². The molecule has 0 aromatic heterocycles. The molecule has 3 unspecified atom stereocenters. The lowest BCUT2D eigenvalue weighted by molar-refractivity contribution is -0.125. The third-order valence-electron chi connectivity index (χ3n) is 13.8. The summed E-state index contributed by atoms with van der Waals surface area (Å²) in [6, 6.07) is -0.656. The topological polar surface area (TPSA) is 89.8 Å². The molecule has 1 amide bonds. The normalized spacial score (nSPS) is 13.3. The van der Waals surface area contributed by atoms with E-state index in [1.165, 1.54) is 270 Å². The smallest absolute Gasteiger partial charge is 0.222 e. The minimum atomic E-state index is -0.747. The number of nitrogens with one attached hydrogen (secondary N) is 1. The first-order chi connectivity index (χ1) is 31.0. The average Bonchev–Trinajstić information content (AvgIpc) is 3.28. The van der Waals surface area contributed by atoms with Gasteiger partial charge in [0.25, 0.3) is 0 Å². The highest BCUT2D eigenvalue weighted by Gasteiger charge is 2.21. The minimum Gasteiger partial charge on any atom is -0.394 e. The van der Waals surface area contributed by atoms with Gasteiger partial charge in [0.15, 0.2) is 0 Å². The van der Waals surface area contributed by atoms with Gasteiger partial charge in [-0.15, -0.1) is 0 Å². The third-order valence-corrected chi connectivity index (χ3v) is 13.8. The molecule has 5 heteroatoms. The van der Waals surface area contributed by atoms with E-state index in [0.717, 1.165) is 25.7 Å². The van der Waals surface area contributed by atoms with Crippen LogP contribution in [0.1, 0.15) is 328 Å². The van der Waals surface area contributed by atoms with E-state index in [1.807, 2.05) is 0 Å². The van der Waals surface area contributed by atoms with E-state index in [-0.39, 0.29) is 18.9 Å². The molecule has 0 aliphatic heterocycles. The molecule has 0 fully saturated rings. The Morgan fingerprint density at radius 2 is 0.635 bits per heavy atom. The van der Waals surface area contributed by atoms with Gasteiger partial charge in [-0.3, -0.25) is 4.79 Å². The summed E-state index contributed by atoms with van der Waals surface area (Å²) in [5, 5.41) is 33.7. The van der Waals surface area contributed by atoms with Crippen LogP contribution in [0.5, 0.6) is 0 Å². The third kappa shape index (κ3) is 50.3. The molecule has 0 heterocycles. The number of aliphatic hydroxyl groups excluding tert-OH is 3. The number of hydrogen-bond donors (Lipinski definition) is 4. The summed E-state index contributed by atoms with van der Waals surface area (Å²) in [4.78, 5) is 12.5. The van der Waals surface area contributed by atoms with Crippen LogP contribution in [0.15, 0.2) is 12.2 Å². The van der Waals surface area contributed by atoms with Gasteiger partial charge in [-0.1, -0.05) is 296 Å². The highest BCUT2D eigenvalue weighted by atomic mass is 16.3. The summed E-state index contributed by atoms with van der Waals surface area (Å²) in [6.45, 7) is 4.31. The maximum Gasteiger partial charge on any atom is 0.222 e. The number of amides is 1. The quantitative estimate of drug-likeness (QED) is 0.0362. The molecule has 0 aromatic rings. The number of aliphatic hydroxyl groups is 3. The Morgan fingerprint density at radius 3 is 0.921 bits per heavy atom. The number of allylic oxidation sites excluding steroid dienone is 2. The molecule has 0 aliphatic carbocycles. The molecular formula is C58H115NO4. The highest BCUT2D eigenvalue weighted by Crippen LogP contribution is 2.18. The van der Waals surface area contributed by atoms with Crippen molar-refractivity contribution in [3.8, 4) is 0 Å². The summed E-state index contributed by atoms with van der Waals surface area (Å²) in [6.07, 6.45) is 66.6. The summed E-state index contributed by atoms with van der Waals surface area (Å²) in [5.41, 5.74) is 0. The van der Waals surface area contributed by atoms with Crippen molar-refractivity contribution in [2.45, 2.75) is 347 Å². The van der Waals surface area contributed by atoms with Crippen LogP contribution in [0.4, 0.5) is 0 Å². The molecule has 4 N–H and O–H groups in total. The van der Waals surface area contributed by atoms with Crippen molar-refractivity contribution in [2.75, 3.05) is 6.61 Å². The van der Waals surface area contributed by atoms with E-state index in [2.05, 4.69) is 31.3 Å². The fraction of sp³-hybridized carbons (Fsp3) is 0.948. The zero-order chi connectivity index (χ0) is 45.8. The Morgan fingerprint density at radius 1 is 0.381 bits per heavy atom. The zero-order valence-corrected chi connectivity index (χ0v) is 43.0. The number of unbranched alkanes of at least 4 members (excludes halogenated alkanes) is 43. The molecule has 0 aliphatic rings. The minimum absolute atomic E-state index is 0.0404. The summed E-state index contributed by atoms with van der Waals surface area (Å²) >= 11 is 0. The number of rotatable bonds is 54. The zero-order valence-electron chi connectivity index (χ0n) is 43.0. The van der Waals surface area contributed by atoms with Crippen LogP contribution in [0.3, 0.4) is 0 Å². The predicted molar refractivity (Wildman–Crippen MR) is 278 cm³/mol. The second kappa shape index (κ2) is 53.7. The fourth-order valence-corrected chi connectivity index (χ4v) is 9.40. The van der Waals surface area contributed by atoms with E-state index in [0.29, 0.717) is 12.8 Å². The lowest BCUT2D eigenvalue weighted by atomic mass is 10.0. The number of carbonyl (C=O) groups excluding carboxylic acids is 1. The summed E-state index contributed by atoms with van der Waals surface area (Å²) in [7, 11) is 0. The van der Waals surface area contributed by atoms with E-state index in [1.54, 1.807) is 0 Å². The van der Waals surface area contributed by atoms with Crippen molar-refractivity contribution in [3.05, 3.63) is 12.2 Å². The number of carbonyl (C=O) groups is 1. The Labute approximate surface area is 395 Å². The Bertz CT molecular complexity index is 894. The largest absolute Gasteiger partial charge is 0.394 e. The van der Waals surface area contributed by atoms with Gasteiger partial charge in [0.05, 0.1) is 31.3 Å². The maximum atomic E-state index is 12.5. The van der Waals surface area contributed by atoms with Crippen LogP contribution in [0.2, 0.25) is 0 Å². The average molecular weight is 891 g/mol. The second-order valence-corrected chi connectivity index (χ2v) is 20.3. The van der Waals surface area contributed by atoms with Gasteiger partial charge in [-0.2, -0.15) is 0 Å². The van der Waals surface area contributed by atoms with Crippen LogP contribution in [-0.4, -0.2) is 46.1 Å². The van der Waals surface area contributed by atoms with E-state index in [4.69, 9.17) is 0 Å². The number of hydrogen-bond acceptors (Lipinski definition) is 4. The van der Waals surface area contributed by atoms with Crippen LogP contribution < -0.4 is 5.32 Å². The predicted octanol–water partition coefficient (Wildman–Crippen LogP) is 17.9. The lowest BCUT2D eigenvalue weighted by Crippen LogP contribution is -2.46. The molecule has 0 aromatic carbocycles. The molecule has 5 nitrogen and oxygen atoms in total. The first-order valence-electron chi connectivity index (χ1n) is 29.0. The molecule has 0 spiro atoms. The molecule has 3 atom stereocenters. The van der Waals surface area contributed by atoms with Crippen LogP contribution in [0, 0.1) is 0 Å². The fourth-order valence-electron chi connectivity index (χ4n) is 9.40. The molecule has 0 radical (unpaired) electrons. The Hall–Kier alpha value is -0.910. The van der Waals surface area contributed by atoms with E-state index < -0.39 is 18.2 Å². The Balaban J connectivity index is 3.50. The summed E-state index contributed by atoms with van der Waals surface area (Å²) in [5.74, 6) is -0.277. The van der Waals surface area contributed by atoms with Crippen LogP contribution in [0.25, 0.3) is 0 Å². The molecular weight excluding hydrogens is 775 g/mol. The van der Waals surface area contributed by atoms with Gasteiger partial charge in [0.2, 0.25) is 5.91 Å². The lowest BCUT2D eigenvalue weighted by Gasteiger charge is -2.23.